The number of hydrogen-bond acceptors (Lipinski definition) is 6. The molecule has 0 aromatic heterocycles. The molecule has 3 N–H and O–H groups in total. The molecule has 2 amide bonds. The second-order valence-corrected chi connectivity index (χ2v) is 9.44. The summed E-state index contributed by atoms with van der Waals surface area (Å²) in [6.45, 7) is 6.12. The summed E-state index contributed by atoms with van der Waals surface area (Å²) in [6.07, 6.45) is -1.64. The van der Waals surface area contributed by atoms with Crippen molar-refractivity contribution >= 4 is 29.4 Å². The number of aliphatic carboxylic acids is 1. The van der Waals surface area contributed by atoms with E-state index in [2.05, 4.69) is 10.2 Å². The van der Waals surface area contributed by atoms with Gasteiger partial charge in [0, 0.05) is 56.8 Å². The highest BCUT2D eigenvalue weighted by Gasteiger charge is 2.29. The summed E-state index contributed by atoms with van der Waals surface area (Å²) in [4.78, 5) is 40.5. The first-order valence-corrected chi connectivity index (χ1v) is 12.8. The van der Waals surface area contributed by atoms with Gasteiger partial charge in [-0.2, -0.15) is 0 Å². The zero-order valence-electron chi connectivity index (χ0n) is 20.9. The van der Waals surface area contributed by atoms with Gasteiger partial charge >= 0.3 is 17.8 Å². The summed E-state index contributed by atoms with van der Waals surface area (Å²) in [5, 5.41) is 22.4. The van der Waals surface area contributed by atoms with Crippen molar-refractivity contribution in [1.82, 2.24) is 15.1 Å². The molecule has 1 saturated heterocycles. The number of nitrogens with zero attached hydrogens (tertiary/aromatic N) is 2. The molecule has 37 heavy (non-hydrogen) atoms. The Morgan fingerprint density at radius 3 is 2.38 bits per heavy atom. The third-order valence-corrected chi connectivity index (χ3v) is 6.57. The highest BCUT2D eigenvalue weighted by molar-refractivity contribution is 6.35. The number of ether oxygens (including phenoxy) is 1. The van der Waals surface area contributed by atoms with Crippen LogP contribution in [0.3, 0.4) is 0 Å². The van der Waals surface area contributed by atoms with Crippen LogP contribution in [-0.4, -0.2) is 95.9 Å². The number of rotatable bonds is 11. The number of carboxylic acids is 1. The number of carbonyl (C=O) groups is 3. The second-order valence-electron chi connectivity index (χ2n) is 9.00. The number of aliphatic hydroxyl groups is 1. The quantitative estimate of drug-likeness (QED) is 0.300. The van der Waals surface area contributed by atoms with Crippen LogP contribution in [0.4, 0.5) is 0 Å². The van der Waals surface area contributed by atoms with Gasteiger partial charge in [0.1, 0.15) is 0 Å². The molecule has 3 rings (SSSR count). The number of carboxylic acid groups (broad SMARTS) is 1. The lowest BCUT2D eigenvalue weighted by Gasteiger charge is -2.34. The van der Waals surface area contributed by atoms with Crippen LogP contribution in [0.15, 0.2) is 48.5 Å². The minimum atomic E-state index is -1.67. The maximum absolute atomic E-state index is 12.8. The van der Waals surface area contributed by atoms with Crippen LogP contribution in [0, 0.1) is 0 Å². The van der Waals surface area contributed by atoms with Gasteiger partial charge in [-0.15, -0.1) is 0 Å². The van der Waals surface area contributed by atoms with Gasteiger partial charge in [0.25, 0.3) is 0 Å². The largest absolute Gasteiger partial charge is 0.479 e. The summed E-state index contributed by atoms with van der Waals surface area (Å²) in [5.74, 6) is -2.85. The molecule has 2 aromatic carbocycles. The summed E-state index contributed by atoms with van der Waals surface area (Å²) in [6, 6.07) is 14.3. The normalized spacial score (nSPS) is 15.7. The molecule has 1 aliphatic rings. The molecule has 1 fully saturated rings. The first kappa shape index (κ1) is 28.6. The number of aliphatic hydroxyl groups excluding tert-OH is 1. The fourth-order valence-electron chi connectivity index (χ4n) is 4.25. The van der Waals surface area contributed by atoms with Crippen molar-refractivity contribution in [3.63, 3.8) is 0 Å². The molecule has 0 spiro atoms. The smallest absolute Gasteiger partial charge is 0.332 e. The summed E-state index contributed by atoms with van der Waals surface area (Å²) >= 11 is 6.08. The predicted molar refractivity (Wildman–Crippen MR) is 140 cm³/mol. The van der Waals surface area contributed by atoms with Crippen LogP contribution in [0.5, 0.6) is 0 Å². The highest BCUT2D eigenvalue weighted by Crippen LogP contribution is 2.23. The van der Waals surface area contributed by atoms with Gasteiger partial charge in [0.15, 0.2) is 6.10 Å². The van der Waals surface area contributed by atoms with Crippen LogP contribution in [0.1, 0.15) is 18.9 Å². The zero-order valence-corrected chi connectivity index (χ0v) is 21.7. The number of hydrogen-bond donors (Lipinski definition) is 3. The summed E-state index contributed by atoms with van der Waals surface area (Å²) in [5.41, 5.74) is 2.73. The molecular weight excluding hydrogens is 498 g/mol. The Morgan fingerprint density at radius 1 is 1.05 bits per heavy atom. The van der Waals surface area contributed by atoms with Crippen LogP contribution in [-0.2, 0) is 25.5 Å². The van der Waals surface area contributed by atoms with Crippen molar-refractivity contribution in [2.45, 2.75) is 31.9 Å². The molecule has 9 nitrogen and oxygen atoms in total. The molecule has 1 heterocycles. The Morgan fingerprint density at radius 2 is 1.76 bits per heavy atom. The molecule has 2 aromatic rings. The van der Waals surface area contributed by atoms with E-state index in [4.69, 9.17) is 21.4 Å². The molecule has 2 unspecified atom stereocenters. The first-order valence-electron chi connectivity index (χ1n) is 12.4. The lowest BCUT2D eigenvalue weighted by atomic mass is 9.97. The van der Waals surface area contributed by atoms with Gasteiger partial charge in [-0.1, -0.05) is 48.0 Å². The minimum Gasteiger partial charge on any atom is -0.479 e. The topological polar surface area (TPSA) is 119 Å². The number of amides is 2. The van der Waals surface area contributed by atoms with Crippen molar-refractivity contribution in [2.24, 2.45) is 0 Å². The minimum absolute atomic E-state index is 0.227. The number of benzene rings is 2. The Hall–Kier alpha value is -2.98. The van der Waals surface area contributed by atoms with E-state index in [0.29, 0.717) is 44.4 Å². The Kier molecular flexibility index (Phi) is 10.9. The average Bonchev–Trinajstić information content (AvgIpc) is 2.89. The Balaban J connectivity index is 1.61. The first-order chi connectivity index (χ1) is 17.8. The molecule has 200 valence electrons. The van der Waals surface area contributed by atoms with E-state index in [-0.39, 0.29) is 12.8 Å². The molecule has 0 bridgehead atoms. The highest BCUT2D eigenvalue weighted by atomic mass is 35.5. The third-order valence-electron chi connectivity index (χ3n) is 6.33. The van der Waals surface area contributed by atoms with Crippen molar-refractivity contribution in [1.29, 1.82) is 0 Å². The zero-order chi connectivity index (χ0) is 26.8. The van der Waals surface area contributed by atoms with Gasteiger partial charge in [0.05, 0.1) is 6.61 Å². The molecule has 0 saturated carbocycles. The second kappa shape index (κ2) is 14.1. The van der Waals surface area contributed by atoms with Gasteiger partial charge in [-0.25, -0.2) is 4.79 Å². The van der Waals surface area contributed by atoms with E-state index in [0.717, 1.165) is 23.2 Å². The lowest BCUT2D eigenvalue weighted by molar-refractivity contribution is -0.149. The van der Waals surface area contributed by atoms with Crippen molar-refractivity contribution < 1.29 is 29.3 Å². The van der Waals surface area contributed by atoms with Crippen LogP contribution >= 0.6 is 11.6 Å². The predicted octanol–water partition coefficient (Wildman–Crippen LogP) is 2.05. The van der Waals surface area contributed by atoms with Crippen LogP contribution < -0.4 is 5.32 Å². The standard InChI is InChI=1S/C27H34ClN3O6/c1-2-37-15-14-30-10-12-31(13-11-30)26(34)25(33)29-23(18-24(32)27(35)36)16-19-6-8-20(9-7-19)21-4-3-5-22(28)17-21/h3-9,17,23-24,32H,2,10-16,18H2,1H3,(H,29,33)(H,35,36). The van der Waals surface area contributed by atoms with Crippen LogP contribution in [0.2, 0.25) is 5.02 Å². The molecule has 2 atom stereocenters. The fraction of sp³-hybridized carbons (Fsp3) is 0.444. The van der Waals surface area contributed by atoms with E-state index >= 15 is 0 Å². The fourth-order valence-corrected chi connectivity index (χ4v) is 4.44. The average molecular weight is 532 g/mol. The van der Waals surface area contributed by atoms with E-state index in [9.17, 15) is 19.5 Å². The molecular formula is C27H34ClN3O6. The Bertz CT molecular complexity index is 1060. The number of halogens is 1. The molecule has 0 radical (unpaired) electrons. The number of nitrogens with one attached hydrogen (secondary N) is 1. The van der Waals surface area contributed by atoms with E-state index < -0.39 is 29.9 Å². The van der Waals surface area contributed by atoms with Crippen molar-refractivity contribution in [3.05, 3.63) is 59.1 Å². The molecule has 0 aliphatic carbocycles. The molecule has 1 aliphatic heterocycles. The maximum atomic E-state index is 12.8. The van der Waals surface area contributed by atoms with Gasteiger partial charge < -0.3 is 25.2 Å². The summed E-state index contributed by atoms with van der Waals surface area (Å²) in [7, 11) is 0. The third kappa shape index (κ3) is 8.82. The maximum Gasteiger partial charge on any atom is 0.332 e. The van der Waals surface area contributed by atoms with Crippen molar-refractivity contribution in [3.8, 4) is 11.1 Å². The van der Waals surface area contributed by atoms with E-state index in [1.54, 1.807) is 6.07 Å². The SMILES string of the molecule is CCOCCN1CCN(C(=O)C(=O)NC(Cc2ccc(-c3cccc(Cl)c3)cc2)CC(O)C(=O)O)CC1. The summed E-state index contributed by atoms with van der Waals surface area (Å²) < 4.78 is 5.37. The van der Waals surface area contributed by atoms with Gasteiger partial charge in [0.2, 0.25) is 0 Å². The Labute approximate surface area is 222 Å². The van der Waals surface area contributed by atoms with Crippen molar-refractivity contribution in [2.75, 3.05) is 45.9 Å². The number of carbonyl (C=O) groups excluding carboxylic acids is 2. The van der Waals surface area contributed by atoms with Gasteiger partial charge in [-0.3, -0.25) is 14.5 Å². The number of piperazine rings is 1. The van der Waals surface area contributed by atoms with E-state index in [1.807, 2.05) is 49.4 Å². The lowest BCUT2D eigenvalue weighted by Crippen LogP contribution is -2.54. The van der Waals surface area contributed by atoms with E-state index in [1.165, 1.54) is 4.90 Å². The van der Waals surface area contributed by atoms with Crippen LogP contribution in [0.25, 0.3) is 11.1 Å². The monoisotopic (exact) mass is 531 g/mol. The van der Waals surface area contributed by atoms with Gasteiger partial charge in [-0.05, 0) is 42.2 Å². The molecule has 10 heteroatoms.